The van der Waals surface area contributed by atoms with Crippen LogP contribution in [0.25, 0.3) is 0 Å². The van der Waals surface area contributed by atoms with Crippen LogP contribution in [0.3, 0.4) is 0 Å². The predicted molar refractivity (Wildman–Crippen MR) is 75.0 cm³/mol. The van der Waals surface area contributed by atoms with Crippen molar-refractivity contribution < 1.29 is 0 Å². The molecular weight excluding hydrogens is 224 g/mol. The van der Waals surface area contributed by atoms with E-state index in [0.29, 0.717) is 0 Å². The Morgan fingerprint density at radius 1 is 0.611 bits per heavy atom. The van der Waals surface area contributed by atoms with Gasteiger partial charge in [-0.05, 0) is 40.0 Å². The lowest BCUT2D eigenvalue weighted by Gasteiger charge is -2.48. The quantitative estimate of drug-likeness (QED) is 0.686. The molecule has 3 fully saturated rings. The summed E-state index contributed by atoms with van der Waals surface area (Å²) in [4.78, 5) is 10.4. The average molecular weight is 252 g/mol. The fourth-order valence-corrected chi connectivity index (χ4v) is 3.72. The van der Waals surface area contributed by atoms with Gasteiger partial charge in [-0.2, -0.15) is 0 Å². The maximum atomic E-state index is 2.76. The van der Waals surface area contributed by atoms with Gasteiger partial charge in [0.15, 0.2) is 0 Å². The van der Waals surface area contributed by atoms with Gasteiger partial charge < -0.3 is 9.80 Å². The number of piperidine rings is 1. The van der Waals surface area contributed by atoms with Gasteiger partial charge in [0.2, 0.25) is 0 Å². The number of piperazine rings is 1. The first kappa shape index (κ1) is 12.9. The number of nitrogens with zero attached hydrogens (tertiary/aromatic N) is 4. The highest BCUT2D eigenvalue weighted by Crippen LogP contribution is 2.20. The van der Waals surface area contributed by atoms with Crippen molar-refractivity contribution in [3.8, 4) is 0 Å². The average Bonchev–Trinajstić information content (AvgIpc) is 2.36. The fourth-order valence-electron chi connectivity index (χ4n) is 3.72. The molecule has 18 heavy (non-hydrogen) atoms. The normalized spacial score (nSPS) is 31.7. The van der Waals surface area contributed by atoms with Crippen molar-refractivity contribution in [2.24, 2.45) is 0 Å². The zero-order chi connectivity index (χ0) is 12.5. The van der Waals surface area contributed by atoms with Gasteiger partial charge in [0.25, 0.3) is 0 Å². The van der Waals surface area contributed by atoms with Crippen molar-refractivity contribution in [2.75, 3.05) is 66.5 Å². The highest BCUT2D eigenvalue weighted by molar-refractivity contribution is 4.90. The Balaban J connectivity index is 1.42. The number of hydrogen-bond acceptors (Lipinski definition) is 4. The largest absolute Gasteiger partial charge is 0.306 e. The molecule has 0 amide bonds. The van der Waals surface area contributed by atoms with Crippen LogP contribution in [-0.2, 0) is 0 Å². The molecule has 0 saturated carbocycles. The Kier molecular flexibility index (Phi) is 3.89. The van der Waals surface area contributed by atoms with E-state index < -0.39 is 0 Å². The molecule has 0 N–H and O–H groups in total. The summed E-state index contributed by atoms with van der Waals surface area (Å²) in [7, 11) is 4.48. The highest BCUT2D eigenvalue weighted by atomic mass is 15.3. The first-order chi connectivity index (χ1) is 8.72. The summed E-state index contributed by atoms with van der Waals surface area (Å²) in [5, 5.41) is 0. The van der Waals surface area contributed by atoms with Gasteiger partial charge in [0, 0.05) is 51.4 Å². The molecule has 0 aromatic carbocycles. The van der Waals surface area contributed by atoms with Gasteiger partial charge in [0.05, 0.1) is 0 Å². The van der Waals surface area contributed by atoms with Crippen molar-refractivity contribution in [2.45, 2.75) is 24.9 Å². The maximum Gasteiger partial charge on any atom is 0.0351 e. The lowest BCUT2D eigenvalue weighted by Crippen LogP contribution is -2.63. The van der Waals surface area contributed by atoms with Gasteiger partial charge in [-0.25, -0.2) is 0 Å². The molecule has 0 atom stereocenters. The molecule has 4 nitrogen and oxygen atoms in total. The molecule has 4 heteroatoms. The summed E-state index contributed by atoms with van der Waals surface area (Å²) in [6.07, 6.45) is 2.76. The summed E-state index contributed by atoms with van der Waals surface area (Å²) in [5.41, 5.74) is 0. The zero-order valence-electron chi connectivity index (χ0n) is 12.0. The minimum atomic E-state index is 0.856. The molecule has 3 aliphatic heterocycles. The fraction of sp³-hybridized carbons (Fsp3) is 1.00. The van der Waals surface area contributed by atoms with Crippen LogP contribution in [0.5, 0.6) is 0 Å². The van der Waals surface area contributed by atoms with E-state index in [0.717, 1.165) is 12.1 Å². The topological polar surface area (TPSA) is 13.0 Å². The number of likely N-dealkylation sites (tertiary alicyclic amines) is 2. The Hall–Kier alpha value is -0.160. The monoisotopic (exact) mass is 252 g/mol. The van der Waals surface area contributed by atoms with Crippen molar-refractivity contribution in [1.29, 1.82) is 0 Å². The molecule has 0 unspecified atom stereocenters. The van der Waals surface area contributed by atoms with Crippen LogP contribution in [-0.4, -0.2) is 98.1 Å². The Labute approximate surface area is 112 Å². The molecule has 0 aliphatic carbocycles. The van der Waals surface area contributed by atoms with Crippen LogP contribution in [0.2, 0.25) is 0 Å². The second-order valence-electron chi connectivity index (χ2n) is 6.48. The first-order valence-corrected chi connectivity index (χ1v) is 7.57. The van der Waals surface area contributed by atoms with E-state index in [1.807, 2.05) is 0 Å². The maximum absolute atomic E-state index is 2.76. The standard InChI is InChI=1S/C14H28N4/c1-15-5-3-13(4-6-15)17-7-9-18(10-8-17)14-11-16(2)12-14/h13-14H,3-12H2,1-2H3. The molecule has 0 aromatic heterocycles. The minimum Gasteiger partial charge on any atom is -0.306 e. The molecule has 0 aromatic rings. The molecule has 3 saturated heterocycles. The molecular formula is C14H28N4. The van der Waals surface area contributed by atoms with Crippen LogP contribution >= 0.6 is 0 Å². The van der Waals surface area contributed by atoms with Crippen LogP contribution in [0.4, 0.5) is 0 Å². The Bertz CT molecular complexity index is 261. The second-order valence-corrected chi connectivity index (χ2v) is 6.48. The van der Waals surface area contributed by atoms with E-state index in [1.54, 1.807) is 0 Å². The van der Waals surface area contributed by atoms with E-state index in [9.17, 15) is 0 Å². The summed E-state index contributed by atoms with van der Waals surface area (Å²) >= 11 is 0. The number of hydrogen-bond donors (Lipinski definition) is 0. The van der Waals surface area contributed by atoms with Gasteiger partial charge in [-0.1, -0.05) is 0 Å². The second kappa shape index (κ2) is 5.45. The van der Waals surface area contributed by atoms with Crippen LogP contribution in [0.1, 0.15) is 12.8 Å². The lowest BCUT2D eigenvalue weighted by atomic mass is 10.0. The summed E-state index contributed by atoms with van der Waals surface area (Å²) in [6, 6.07) is 1.72. The lowest BCUT2D eigenvalue weighted by molar-refractivity contribution is -0.000468. The summed E-state index contributed by atoms with van der Waals surface area (Å²) in [6.45, 7) is 10.3. The van der Waals surface area contributed by atoms with Crippen LogP contribution < -0.4 is 0 Å². The van der Waals surface area contributed by atoms with Crippen LogP contribution in [0.15, 0.2) is 0 Å². The van der Waals surface area contributed by atoms with E-state index in [-0.39, 0.29) is 0 Å². The molecule has 0 bridgehead atoms. The van der Waals surface area contributed by atoms with Crippen molar-refractivity contribution in [1.82, 2.24) is 19.6 Å². The molecule has 0 spiro atoms. The van der Waals surface area contributed by atoms with Crippen LogP contribution in [0, 0.1) is 0 Å². The predicted octanol–water partition coefficient (Wildman–Crippen LogP) is 0.0122. The van der Waals surface area contributed by atoms with Gasteiger partial charge in [-0.3, -0.25) is 9.80 Å². The first-order valence-electron chi connectivity index (χ1n) is 7.57. The van der Waals surface area contributed by atoms with Gasteiger partial charge in [0.1, 0.15) is 0 Å². The smallest absolute Gasteiger partial charge is 0.0351 e. The van der Waals surface area contributed by atoms with Crippen molar-refractivity contribution >= 4 is 0 Å². The zero-order valence-corrected chi connectivity index (χ0v) is 12.0. The third kappa shape index (κ3) is 2.72. The summed E-state index contributed by atoms with van der Waals surface area (Å²) < 4.78 is 0. The highest BCUT2D eigenvalue weighted by Gasteiger charge is 2.33. The van der Waals surface area contributed by atoms with E-state index in [2.05, 4.69) is 33.7 Å². The SMILES string of the molecule is CN1CCC(N2CCN(C3CN(C)C3)CC2)CC1. The number of likely N-dealkylation sites (N-methyl/N-ethyl adjacent to an activating group) is 1. The Morgan fingerprint density at radius 3 is 1.61 bits per heavy atom. The van der Waals surface area contributed by atoms with E-state index >= 15 is 0 Å². The van der Waals surface area contributed by atoms with Gasteiger partial charge in [-0.15, -0.1) is 0 Å². The minimum absolute atomic E-state index is 0.856. The third-order valence-electron chi connectivity index (χ3n) is 5.11. The molecule has 0 radical (unpaired) electrons. The molecule has 3 rings (SSSR count). The molecule has 104 valence electrons. The Morgan fingerprint density at radius 2 is 1.11 bits per heavy atom. The van der Waals surface area contributed by atoms with E-state index in [1.165, 1.54) is 65.2 Å². The van der Waals surface area contributed by atoms with Crippen molar-refractivity contribution in [3.05, 3.63) is 0 Å². The third-order valence-corrected chi connectivity index (χ3v) is 5.11. The van der Waals surface area contributed by atoms with E-state index in [4.69, 9.17) is 0 Å². The van der Waals surface area contributed by atoms with Crippen molar-refractivity contribution in [3.63, 3.8) is 0 Å². The van der Waals surface area contributed by atoms with Gasteiger partial charge >= 0.3 is 0 Å². The molecule has 3 aliphatic rings. The number of rotatable bonds is 2. The summed E-state index contributed by atoms with van der Waals surface area (Å²) in [5.74, 6) is 0. The molecule has 3 heterocycles.